The zero-order valence-electron chi connectivity index (χ0n) is 15.8. The van der Waals surface area contributed by atoms with E-state index in [2.05, 4.69) is 47.4 Å². The van der Waals surface area contributed by atoms with Gasteiger partial charge in [-0.25, -0.2) is 9.67 Å². The van der Waals surface area contributed by atoms with Crippen LogP contribution in [0.4, 0.5) is 5.95 Å². The summed E-state index contributed by atoms with van der Waals surface area (Å²) in [5, 5.41) is 7.37. The summed E-state index contributed by atoms with van der Waals surface area (Å²) < 4.78 is 1.75. The zero-order chi connectivity index (χ0) is 18.9. The molecule has 1 N–H and O–H groups in total. The van der Waals surface area contributed by atoms with Gasteiger partial charge in [-0.05, 0) is 37.8 Å². The first-order valence-electron chi connectivity index (χ1n) is 9.39. The molecule has 1 aliphatic rings. The summed E-state index contributed by atoms with van der Waals surface area (Å²) in [5.74, 6) is 0.364. The van der Waals surface area contributed by atoms with Gasteiger partial charge in [0.2, 0.25) is 11.9 Å². The Labute approximate surface area is 159 Å². The Hall–Kier alpha value is -2.95. The van der Waals surface area contributed by atoms with Crippen LogP contribution < -0.4 is 5.32 Å². The first-order chi connectivity index (χ1) is 13.0. The summed E-state index contributed by atoms with van der Waals surface area (Å²) in [5.41, 5.74) is 4.17. The number of carbonyl (C=O) groups is 1. The third-order valence-corrected chi connectivity index (χ3v) is 5.37. The van der Waals surface area contributed by atoms with Crippen molar-refractivity contribution in [2.75, 3.05) is 5.32 Å². The number of aromatic nitrogens is 3. The molecule has 1 saturated carbocycles. The molecule has 0 aliphatic heterocycles. The largest absolute Gasteiger partial charge is 0.292 e. The van der Waals surface area contributed by atoms with Crippen molar-refractivity contribution in [3.05, 3.63) is 77.1 Å². The maximum Gasteiger partial charge on any atom is 0.248 e. The van der Waals surface area contributed by atoms with Crippen LogP contribution in [0.5, 0.6) is 0 Å². The van der Waals surface area contributed by atoms with Crippen LogP contribution in [0.3, 0.4) is 0 Å². The van der Waals surface area contributed by atoms with Crippen molar-refractivity contribution in [3.8, 4) is 0 Å². The van der Waals surface area contributed by atoms with Gasteiger partial charge in [0.1, 0.15) is 6.33 Å². The number of anilines is 1. The van der Waals surface area contributed by atoms with Gasteiger partial charge in [-0.1, -0.05) is 66.1 Å². The lowest BCUT2D eigenvalue weighted by atomic mass is 9.63. The Balaban J connectivity index is 1.51. The van der Waals surface area contributed by atoms with Gasteiger partial charge in [0, 0.05) is 0 Å². The van der Waals surface area contributed by atoms with E-state index in [-0.39, 0.29) is 5.91 Å². The third-order valence-electron chi connectivity index (χ3n) is 5.37. The molecule has 1 aromatic heterocycles. The molecule has 3 aromatic rings. The summed E-state index contributed by atoms with van der Waals surface area (Å²) in [4.78, 5) is 17.4. The Morgan fingerprint density at radius 3 is 2.44 bits per heavy atom. The minimum Gasteiger partial charge on any atom is -0.292 e. The molecule has 0 spiro atoms. The van der Waals surface area contributed by atoms with E-state index in [0.717, 1.165) is 30.4 Å². The SMILES string of the molecule is Cc1cc(C)cc(C2(C(=O)Nc3ncn(Cc4ccccc4)n3)CCC2)c1. The van der Waals surface area contributed by atoms with Crippen LogP contribution in [0, 0.1) is 13.8 Å². The van der Waals surface area contributed by atoms with Crippen LogP contribution in [-0.4, -0.2) is 20.7 Å². The van der Waals surface area contributed by atoms with E-state index in [1.165, 1.54) is 11.1 Å². The van der Waals surface area contributed by atoms with Crippen molar-refractivity contribution >= 4 is 11.9 Å². The van der Waals surface area contributed by atoms with Crippen LogP contribution in [-0.2, 0) is 16.8 Å². The normalized spacial score (nSPS) is 15.2. The topological polar surface area (TPSA) is 59.8 Å². The predicted octanol–water partition coefficient (Wildman–Crippen LogP) is 4.00. The summed E-state index contributed by atoms with van der Waals surface area (Å²) in [6.07, 6.45) is 4.46. The lowest BCUT2D eigenvalue weighted by Crippen LogP contribution is -2.46. The van der Waals surface area contributed by atoms with Crippen LogP contribution >= 0.6 is 0 Å². The molecule has 5 nitrogen and oxygen atoms in total. The summed E-state index contributed by atoms with van der Waals surface area (Å²) in [7, 11) is 0. The van der Waals surface area contributed by atoms with Gasteiger partial charge in [-0.2, -0.15) is 0 Å². The number of nitrogens with one attached hydrogen (secondary N) is 1. The van der Waals surface area contributed by atoms with Gasteiger partial charge in [-0.3, -0.25) is 10.1 Å². The van der Waals surface area contributed by atoms with Crippen molar-refractivity contribution in [2.24, 2.45) is 0 Å². The van der Waals surface area contributed by atoms with Gasteiger partial charge >= 0.3 is 0 Å². The van der Waals surface area contributed by atoms with Crippen LogP contribution in [0.2, 0.25) is 0 Å². The molecule has 4 rings (SSSR count). The number of nitrogens with zero attached hydrogens (tertiary/aromatic N) is 3. The standard InChI is InChI=1S/C22H24N4O/c1-16-11-17(2)13-19(12-16)22(9-6-10-22)20(27)24-21-23-15-26(25-21)14-18-7-4-3-5-8-18/h3-5,7-8,11-13,15H,6,9-10,14H2,1-2H3,(H,24,25,27). The number of hydrogen-bond donors (Lipinski definition) is 1. The molecule has 5 heteroatoms. The van der Waals surface area contributed by atoms with Crippen LogP contribution in [0.15, 0.2) is 54.9 Å². The molecule has 0 unspecified atom stereocenters. The van der Waals surface area contributed by atoms with E-state index in [1.807, 2.05) is 30.3 Å². The molecule has 2 aromatic carbocycles. The molecule has 0 atom stereocenters. The van der Waals surface area contributed by atoms with Crippen molar-refractivity contribution in [1.29, 1.82) is 0 Å². The number of amides is 1. The van der Waals surface area contributed by atoms with Gasteiger partial charge in [-0.15, -0.1) is 5.10 Å². The molecule has 1 fully saturated rings. The fourth-order valence-electron chi connectivity index (χ4n) is 3.85. The number of carbonyl (C=O) groups excluding carboxylic acids is 1. The lowest BCUT2D eigenvalue weighted by Gasteiger charge is -2.40. The summed E-state index contributed by atoms with van der Waals surface area (Å²) in [6, 6.07) is 16.5. The second kappa shape index (κ2) is 6.99. The Kier molecular flexibility index (Phi) is 4.52. The van der Waals surface area contributed by atoms with E-state index >= 15 is 0 Å². The molecule has 27 heavy (non-hydrogen) atoms. The summed E-state index contributed by atoms with van der Waals surface area (Å²) in [6.45, 7) is 4.78. The van der Waals surface area contributed by atoms with Crippen molar-refractivity contribution in [2.45, 2.75) is 45.1 Å². The average Bonchev–Trinajstić information content (AvgIpc) is 3.01. The quantitative estimate of drug-likeness (QED) is 0.748. The van der Waals surface area contributed by atoms with E-state index in [1.54, 1.807) is 11.0 Å². The van der Waals surface area contributed by atoms with E-state index < -0.39 is 5.41 Å². The molecule has 0 bridgehead atoms. The highest BCUT2D eigenvalue weighted by Gasteiger charge is 2.46. The predicted molar refractivity (Wildman–Crippen MR) is 106 cm³/mol. The first-order valence-corrected chi connectivity index (χ1v) is 9.39. The van der Waals surface area contributed by atoms with Crippen molar-refractivity contribution in [3.63, 3.8) is 0 Å². The molecule has 0 saturated heterocycles. The van der Waals surface area contributed by atoms with Crippen molar-refractivity contribution < 1.29 is 4.79 Å². The molecule has 0 radical (unpaired) electrons. The highest BCUT2D eigenvalue weighted by atomic mass is 16.2. The van der Waals surface area contributed by atoms with Crippen LogP contribution in [0.25, 0.3) is 0 Å². The third kappa shape index (κ3) is 3.50. The molecular formula is C22H24N4O. The Bertz CT molecular complexity index is 937. The molecule has 138 valence electrons. The Morgan fingerprint density at radius 2 is 1.81 bits per heavy atom. The maximum absolute atomic E-state index is 13.1. The molecule has 1 amide bonds. The molecule has 1 heterocycles. The Morgan fingerprint density at radius 1 is 1.11 bits per heavy atom. The van der Waals surface area contributed by atoms with Crippen molar-refractivity contribution in [1.82, 2.24) is 14.8 Å². The fourth-order valence-corrected chi connectivity index (χ4v) is 3.85. The summed E-state index contributed by atoms with van der Waals surface area (Å²) >= 11 is 0. The highest BCUT2D eigenvalue weighted by molar-refractivity contribution is 5.98. The average molecular weight is 360 g/mol. The minimum absolute atomic E-state index is 0.00351. The lowest BCUT2D eigenvalue weighted by molar-refractivity contribution is -0.124. The number of rotatable bonds is 5. The molecule has 1 aliphatic carbocycles. The van der Waals surface area contributed by atoms with Gasteiger partial charge < -0.3 is 0 Å². The van der Waals surface area contributed by atoms with E-state index in [0.29, 0.717) is 12.5 Å². The smallest absolute Gasteiger partial charge is 0.248 e. The maximum atomic E-state index is 13.1. The second-order valence-corrected chi connectivity index (χ2v) is 7.52. The van der Waals surface area contributed by atoms with E-state index in [4.69, 9.17) is 0 Å². The monoisotopic (exact) mass is 360 g/mol. The van der Waals surface area contributed by atoms with Crippen LogP contribution in [0.1, 0.15) is 41.5 Å². The van der Waals surface area contributed by atoms with E-state index in [9.17, 15) is 4.79 Å². The second-order valence-electron chi connectivity index (χ2n) is 7.52. The fraction of sp³-hybridized carbons (Fsp3) is 0.318. The number of aryl methyl sites for hydroxylation is 2. The minimum atomic E-state index is -0.457. The number of benzene rings is 2. The van der Waals surface area contributed by atoms with Gasteiger partial charge in [0.15, 0.2) is 0 Å². The highest BCUT2D eigenvalue weighted by Crippen LogP contribution is 2.45. The molecular weight excluding hydrogens is 336 g/mol. The van der Waals surface area contributed by atoms with Gasteiger partial charge in [0.05, 0.1) is 12.0 Å². The first kappa shape index (κ1) is 17.5. The zero-order valence-corrected chi connectivity index (χ0v) is 15.8. The number of hydrogen-bond acceptors (Lipinski definition) is 3. The van der Waals surface area contributed by atoms with Gasteiger partial charge in [0.25, 0.3) is 0 Å².